The molecule has 1 atom stereocenters. The van der Waals surface area contributed by atoms with Crippen LogP contribution >= 0.6 is 0 Å². The Morgan fingerprint density at radius 1 is 1.50 bits per heavy atom. The molecule has 0 aliphatic carbocycles. The summed E-state index contributed by atoms with van der Waals surface area (Å²) in [4.78, 5) is 10.9. The number of ketones is 1. The van der Waals surface area contributed by atoms with Crippen molar-refractivity contribution in [2.45, 2.75) is 39.7 Å². The van der Waals surface area contributed by atoms with Crippen molar-refractivity contribution in [2.24, 2.45) is 0 Å². The first-order chi connectivity index (χ1) is 5.72. The third kappa shape index (κ3) is 3.32. The van der Waals surface area contributed by atoms with Crippen molar-refractivity contribution in [3.05, 3.63) is 0 Å². The van der Waals surface area contributed by atoms with E-state index in [1.165, 1.54) is 0 Å². The van der Waals surface area contributed by atoms with E-state index in [0.717, 1.165) is 19.4 Å². The molecule has 12 heavy (non-hydrogen) atoms. The first-order valence-corrected chi connectivity index (χ1v) is 4.68. The average Bonchev–Trinajstić information content (AvgIpc) is 2.08. The lowest BCUT2D eigenvalue weighted by Gasteiger charge is -2.31. The fraction of sp³-hybridized carbons (Fsp3) is 0.889. The third-order valence-corrected chi connectivity index (χ3v) is 1.95. The molecule has 1 aliphatic heterocycles. The van der Waals surface area contributed by atoms with Crippen LogP contribution in [0.15, 0.2) is 0 Å². The highest BCUT2D eigenvalue weighted by Gasteiger charge is 2.21. The smallest absolute Gasteiger partial charge is 0.148 e. The van der Waals surface area contributed by atoms with Gasteiger partial charge in [-0.25, -0.2) is 5.01 Å². The van der Waals surface area contributed by atoms with Crippen molar-refractivity contribution in [1.82, 2.24) is 10.4 Å². The van der Waals surface area contributed by atoms with E-state index in [2.05, 4.69) is 5.43 Å². The average molecular weight is 172 g/mol. The van der Waals surface area contributed by atoms with Crippen LogP contribution in [0.4, 0.5) is 0 Å². The first-order valence-electron chi connectivity index (χ1n) is 4.68. The summed E-state index contributed by atoms with van der Waals surface area (Å²) in [5.41, 5.74) is 3.13. The van der Waals surface area contributed by atoms with Crippen molar-refractivity contribution < 1.29 is 4.79 Å². The summed E-state index contributed by atoms with van der Waals surface area (Å²) in [5.74, 6) is 0.259. The van der Waals surface area contributed by atoms with Gasteiger partial charge in [0, 0.05) is 13.6 Å². The number of nitrogens with zero attached hydrogens (tertiary/aromatic N) is 1. The van der Waals surface area contributed by atoms with Gasteiger partial charge in [0.2, 0.25) is 0 Å². The molecule has 0 aromatic carbocycles. The summed E-state index contributed by atoms with van der Waals surface area (Å²) in [5, 5.41) is 1.91. The van der Waals surface area contributed by atoms with Crippen LogP contribution in [0.3, 0.4) is 0 Å². The Kier molecular flexibility index (Phi) is 5.93. The second-order valence-electron chi connectivity index (χ2n) is 2.79. The van der Waals surface area contributed by atoms with Crippen molar-refractivity contribution in [3.63, 3.8) is 0 Å². The maximum Gasteiger partial charge on any atom is 0.148 e. The molecule has 0 aromatic rings. The molecule has 3 nitrogen and oxygen atoms in total. The normalized spacial score (nSPS) is 24.2. The molecule has 0 saturated carbocycles. The lowest BCUT2D eigenvalue weighted by atomic mass is 10.1. The molecule has 1 saturated heterocycles. The third-order valence-electron chi connectivity index (χ3n) is 1.95. The fourth-order valence-electron chi connectivity index (χ4n) is 1.33. The Morgan fingerprint density at radius 3 is 2.42 bits per heavy atom. The van der Waals surface area contributed by atoms with Crippen molar-refractivity contribution >= 4 is 5.78 Å². The number of Topliss-reactive ketones (excluding diaryl/α,β-unsaturated/α-hetero) is 1. The van der Waals surface area contributed by atoms with Crippen molar-refractivity contribution in [2.75, 3.05) is 13.6 Å². The molecule has 1 N–H and O–H groups in total. The summed E-state index contributed by atoms with van der Waals surface area (Å²) in [6.07, 6.45) is 2.10. The minimum absolute atomic E-state index is 0.105. The minimum atomic E-state index is 0.105. The van der Waals surface area contributed by atoms with Crippen LogP contribution in [0.1, 0.15) is 33.6 Å². The van der Waals surface area contributed by atoms with Gasteiger partial charge in [-0.05, 0) is 19.8 Å². The van der Waals surface area contributed by atoms with Gasteiger partial charge in [0.15, 0.2) is 0 Å². The highest BCUT2D eigenvalue weighted by atomic mass is 16.1. The molecular weight excluding hydrogens is 152 g/mol. The van der Waals surface area contributed by atoms with Crippen LogP contribution in [0.25, 0.3) is 0 Å². The molecule has 0 spiro atoms. The maximum absolute atomic E-state index is 10.9. The van der Waals surface area contributed by atoms with Gasteiger partial charge in [0.25, 0.3) is 0 Å². The van der Waals surface area contributed by atoms with Gasteiger partial charge in [0.05, 0.1) is 6.04 Å². The van der Waals surface area contributed by atoms with Gasteiger partial charge in [-0.3, -0.25) is 10.2 Å². The fourth-order valence-corrected chi connectivity index (χ4v) is 1.33. The summed E-state index contributed by atoms with van der Waals surface area (Å²) in [6.45, 7) is 6.65. The van der Waals surface area contributed by atoms with E-state index in [9.17, 15) is 4.79 Å². The first kappa shape index (κ1) is 11.6. The summed E-state index contributed by atoms with van der Waals surface area (Å²) in [7, 11) is 1.92. The quantitative estimate of drug-likeness (QED) is 0.645. The molecule has 72 valence electrons. The molecule has 0 bridgehead atoms. The maximum atomic E-state index is 10.9. The van der Waals surface area contributed by atoms with E-state index in [4.69, 9.17) is 0 Å². The van der Waals surface area contributed by atoms with Gasteiger partial charge in [-0.15, -0.1) is 0 Å². The molecule has 1 heterocycles. The zero-order valence-corrected chi connectivity index (χ0v) is 8.55. The Balaban J connectivity index is 0.000000561. The predicted octanol–water partition coefficient (Wildman–Crippen LogP) is 1.20. The number of nitrogens with one attached hydrogen (secondary N) is 1. The van der Waals surface area contributed by atoms with Crippen LogP contribution in [0.5, 0.6) is 0 Å². The summed E-state index contributed by atoms with van der Waals surface area (Å²) >= 11 is 0. The van der Waals surface area contributed by atoms with Crippen LogP contribution in [-0.4, -0.2) is 30.4 Å². The van der Waals surface area contributed by atoms with Gasteiger partial charge < -0.3 is 0 Å². The van der Waals surface area contributed by atoms with Crippen LogP contribution < -0.4 is 5.43 Å². The van der Waals surface area contributed by atoms with E-state index >= 15 is 0 Å². The van der Waals surface area contributed by atoms with E-state index in [-0.39, 0.29) is 11.8 Å². The van der Waals surface area contributed by atoms with Gasteiger partial charge >= 0.3 is 0 Å². The second-order valence-corrected chi connectivity index (χ2v) is 2.79. The van der Waals surface area contributed by atoms with Gasteiger partial charge in [-0.1, -0.05) is 13.8 Å². The molecule has 1 aliphatic rings. The minimum Gasteiger partial charge on any atom is -0.298 e. The Labute approximate surface area is 75.1 Å². The predicted molar refractivity (Wildman–Crippen MR) is 50.8 cm³/mol. The highest BCUT2D eigenvalue weighted by molar-refractivity contribution is 5.81. The zero-order chi connectivity index (χ0) is 9.56. The number of rotatable bonds is 1. The molecule has 0 amide bonds. The van der Waals surface area contributed by atoms with Gasteiger partial charge in [-0.2, -0.15) is 0 Å². The molecule has 3 heteroatoms. The topological polar surface area (TPSA) is 32.3 Å². The number of hydrogen-bond donors (Lipinski definition) is 1. The lowest BCUT2D eigenvalue weighted by Crippen LogP contribution is -2.50. The Hall–Kier alpha value is -0.410. The van der Waals surface area contributed by atoms with Gasteiger partial charge in [0.1, 0.15) is 5.78 Å². The molecule has 1 fully saturated rings. The number of carbonyl (C=O) groups is 1. The number of carbonyl (C=O) groups excluding carboxylic acids is 1. The van der Waals surface area contributed by atoms with Crippen molar-refractivity contribution in [1.29, 1.82) is 0 Å². The lowest BCUT2D eigenvalue weighted by molar-refractivity contribution is -0.124. The van der Waals surface area contributed by atoms with E-state index in [0.29, 0.717) is 0 Å². The zero-order valence-electron chi connectivity index (χ0n) is 8.55. The number of likely N-dealkylation sites (N-methyl/N-ethyl adjacent to an activating group) is 1. The Bertz CT molecular complexity index is 136. The van der Waals surface area contributed by atoms with E-state index in [1.54, 1.807) is 6.92 Å². The monoisotopic (exact) mass is 172 g/mol. The van der Waals surface area contributed by atoms with Crippen molar-refractivity contribution in [3.8, 4) is 0 Å². The highest BCUT2D eigenvalue weighted by Crippen LogP contribution is 2.08. The number of hydrogen-bond acceptors (Lipinski definition) is 3. The SMILES string of the molecule is CC.CC(=O)C1CCCNN1C. The van der Waals surface area contributed by atoms with Crippen LogP contribution in [0, 0.1) is 0 Å². The Morgan fingerprint density at radius 2 is 2.08 bits per heavy atom. The molecule has 1 unspecified atom stereocenters. The largest absolute Gasteiger partial charge is 0.298 e. The van der Waals surface area contributed by atoms with Crippen LogP contribution in [-0.2, 0) is 4.79 Å². The molecule has 0 radical (unpaired) electrons. The summed E-state index contributed by atoms with van der Waals surface area (Å²) in [6, 6.07) is 0.105. The molecule has 0 aromatic heterocycles. The molecule has 1 rings (SSSR count). The van der Waals surface area contributed by atoms with E-state index < -0.39 is 0 Å². The second kappa shape index (κ2) is 6.14. The number of hydrazine groups is 1. The van der Waals surface area contributed by atoms with Crippen LogP contribution in [0.2, 0.25) is 0 Å². The van der Waals surface area contributed by atoms with E-state index in [1.807, 2.05) is 25.9 Å². The summed E-state index contributed by atoms with van der Waals surface area (Å²) < 4.78 is 0. The standard InChI is InChI=1S/C7H14N2O.C2H6/c1-6(10)7-4-3-5-8-9(7)2;1-2/h7-8H,3-5H2,1-2H3;1-2H3. The molecular formula is C9H20N2O.